The van der Waals surface area contributed by atoms with Crippen LogP contribution in [0.5, 0.6) is 0 Å². The number of aromatic nitrogens is 2. The minimum atomic E-state index is 0.126. The Morgan fingerprint density at radius 3 is 2.26 bits per heavy atom. The number of carbonyl (C=O) groups excluding carboxylic acids is 1. The Morgan fingerprint density at radius 1 is 1.09 bits per heavy atom. The van der Waals surface area contributed by atoms with Gasteiger partial charge in [0.1, 0.15) is 0 Å². The van der Waals surface area contributed by atoms with Crippen molar-refractivity contribution in [1.29, 1.82) is 0 Å². The van der Waals surface area contributed by atoms with Gasteiger partial charge in [-0.3, -0.25) is 4.79 Å². The minimum absolute atomic E-state index is 0.126. The second-order valence-electron chi connectivity index (χ2n) is 6.11. The van der Waals surface area contributed by atoms with Gasteiger partial charge in [0.15, 0.2) is 0 Å². The van der Waals surface area contributed by atoms with Gasteiger partial charge in [-0.25, -0.2) is 4.68 Å². The molecule has 0 unspecified atom stereocenters. The molecule has 0 atom stereocenters. The van der Waals surface area contributed by atoms with Crippen molar-refractivity contribution in [1.82, 2.24) is 19.6 Å². The van der Waals surface area contributed by atoms with Crippen LogP contribution in [-0.4, -0.2) is 58.2 Å². The van der Waals surface area contributed by atoms with Crippen molar-refractivity contribution >= 4 is 5.91 Å². The number of nitrogens with zero attached hydrogens (tertiary/aromatic N) is 4. The zero-order chi connectivity index (χ0) is 16.4. The van der Waals surface area contributed by atoms with Crippen LogP contribution in [0.2, 0.25) is 0 Å². The number of rotatable bonds is 3. The quantitative estimate of drug-likeness (QED) is 0.873. The molecule has 2 aromatic rings. The number of aryl methyl sites for hydroxylation is 2. The lowest BCUT2D eigenvalue weighted by molar-refractivity contribution is 0.0643. The third kappa shape index (κ3) is 3.29. The van der Waals surface area contributed by atoms with Gasteiger partial charge in [-0.1, -0.05) is 6.92 Å². The topological polar surface area (TPSA) is 41.4 Å². The van der Waals surface area contributed by atoms with Gasteiger partial charge in [0.2, 0.25) is 0 Å². The molecule has 3 rings (SSSR count). The summed E-state index contributed by atoms with van der Waals surface area (Å²) < 4.78 is 1.91. The smallest absolute Gasteiger partial charge is 0.253 e. The summed E-state index contributed by atoms with van der Waals surface area (Å²) in [4.78, 5) is 16.9. The predicted octanol–water partition coefficient (Wildman–Crippen LogP) is 2.27. The maximum absolute atomic E-state index is 12.6. The van der Waals surface area contributed by atoms with Crippen molar-refractivity contribution in [3.05, 3.63) is 47.3 Å². The fraction of sp³-hybridized carbons (Fsp3) is 0.444. The maximum Gasteiger partial charge on any atom is 0.253 e. The van der Waals surface area contributed by atoms with Gasteiger partial charge < -0.3 is 9.80 Å². The summed E-state index contributed by atoms with van der Waals surface area (Å²) in [6.07, 6.45) is 0. The highest BCUT2D eigenvalue weighted by molar-refractivity contribution is 5.94. The molecule has 0 spiro atoms. The molecule has 1 aromatic carbocycles. The molecule has 1 aliphatic rings. The van der Waals surface area contributed by atoms with E-state index in [0.29, 0.717) is 0 Å². The van der Waals surface area contributed by atoms with Crippen LogP contribution in [0.3, 0.4) is 0 Å². The SMILES string of the molecule is CCN1CCN(C(=O)c2ccc(-n3nc(C)cc3C)cc2)CC1. The van der Waals surface area contributed by atoms with E-state index in [1.165, 1.54) is 0 Å². The Labute approximate surface area is 137 Å². The predicted molar refractivity (Wildman–Crippen MR) is 91.1 cm³/mol. The molecule has 1 amide bonds. The lowest BCUT2D eigenvalue weighted by Gasteiger charge is -2.34. The molecular weight excluding hydrogens is 288 g/mol. The molecule has 5 nitrogen and oxygen atoms in total. The van der Waals surface area contributed by atoms with E-state index in [4.69, 9.17) is 0 Å². The Morgan fingerprint density at radius 2 is 1.74 bits per heavy atom. The number of amides is 1. The van der Waals surface area contributed by atoms with Crippen molar-refractivity contribution in [3.63, 3.8) is 0 Å². The molecule has 1 saturated heterocycles. The molecule has 122 valence electrons. The summed E-state index contributed by atoms with van der Waals surface area (Å²) in [5, 5.41) is 4.48. The normalized spacial score (nSPS) is 15.9. The van der Waals surface area contributed by atoms with Crippen molar-refractivity contribution in [2.24, 2.45) is 0 Å². The zero-order valence-electron chi connectivity index (χ0n) is 14.1. The number of likely N-dealkylation sites (N-methyl/N-ethyl adjacent to an activating group) is 1. The minimum Gasteiger partial charge on any atom is -0.336 e. The first-order chi connectivity index (χ1) is 11.1. The summed E-state index contributed by atoms with van der Waals surface area (Å²) in [6.45, 7) is 10.8. The van der Waals surface area contributed by atoms with Crippen LogP contribution in [0.15, 0.2) is 30.3 Å². The van der Waals surface area contributed by atoms with Crippen LogP contribution in [-0.2, 0) is 0 Å². The molecule has 0 bridgehead atoms. The fourth-order valence-corrected chi connectivity index (χ4v) is 3.09. The number of hydrogen-bond acceptors (Lipinski definition) is 3. The average Bonchev–Trinajstić information content (AvgIpc) is 2.93. The summed E-state index contributed by atoms with van der Waals surface area (Å²) in [5.74, 6) is 0.126. The largest absolute Gasteiger partial charge is 0.336 e. The monoisotopic (exact) mass is 312 g/mol. The van der Waals surface area contributed by atoms with E-state index in [9.17, 15) is 4.79 Å². The highest BCUT2D eigenvalue weighted by Gasteiger charge is 2.21. The lowest BCUT2D eigenvalue weighted by atomic mass is 10.1. The molecule has 1 fully saturated rings. The second-order valence-corrected chi connectivity index (χ2v) is 6.11. The summed E-state index contributed by atoms with van der Waals surface area (Å²) >= 11 is 0. The Balaban J connectivity index is 1.72. The average molecular weight is 312 g/mol. The van der Waals surface area contributed by atoms with Gasteiger partial charge >= 0.3 is 0 Å². The molecule has 23 heavy (non-hydrogen) atoms. The van der Waals surface area contributed by atoms with Crippen LogP contribution in [0.4, 0.5) is 0 Å². The summed E-state index contributed by atoms with van der Waals surface area (Å²) in [7, 11) is 0. The van der Waals surface area contributed by atoms with Gasteiger partial charge in [-0.15, -0.1) is 0 Å². The summed E-state index contributed by atoms with van der Waals surface area (Å²) in [5.41, 5.74) is 3.83. The third-order valence-electron chi connectivity index (χ3n) is 4.48. The van der Waals surface area contributed by atoms with Gasteiger partial charge in [0, 0.05) is 37.4 Å². The third-order valence-corrected chi connectivity index (χ3v) is 4.48. The highest BCUT2D eigenvalue weighted by Crippen LogP contribution is 2.15. The number of benzene rings is 1. The molecule has 1 aliphatic heterocycles. The van der Waals surface area contributed by atoms with Crippen LogP contribution in [0, 0.1) is 13.8 Å². The van der Waals surface area contributed by atoms with Gasteiger partial charge in [0.05, 0.1) is 11.4 Å². The molecule has 5 heteroatoms. The Kier molecular flexibility index (Phi) is 4.48. The molecule has 0 aliphatic carbocycles. The lowest BCUT2D eigenvalue weighted by Crippen LogP contribution is -2.48. The molecule has 0 saturated carbocycles. The molecule has 1 aromatic heterocycles. The standard InChI is InChI=1S/C18H24N4O/c1-4-20-9-11-21(12-10-20)18(23)16-5-7-17(8-6-16)22-15(3)13-14(2)19-22/h5-8,13H,4,9-12H2,1-3H3. The van der Waals surface area contributed by atoms with Crippen molar-refractivity contribution in [3.8, 4) is 5.69 Å². The van der Waals surface area contributed by atoms with E-state index in [0.717, 1.165) is 55.4 Å². The molecule has 0 radical (unpaired) electrons. The zero-order valence-corrected chi connectivity index (χ0v) is 14.1. The van der Waals surface area contributed by atoms with Crippen LogP contribution in [0.1, 0.15) is 28.7 Å². The Hall–Kier alpha value is -2.14. The van der Waals surface area contributed by atoms with Crippen LogP contribution < -0.4 is 0 Å². The van der Waals surface area contributed by atoms with E-state index in [1.54, 1.807) is 0 Å². The molecule has 0 N–H and O–H groups in total. The van der Waals surface area contributed by atoms with E-state index in [2.05, 4.69) is 16.9 Å². The first-order valence-electron chi connectivity index (χ1n) is 8.24. The Bertz CT molecular complexity index is 682. The van der Waals surface area contributed by atoms with Crippen molar-refractivity contribution < 1.29 is 4.79 Å². The number of hydrogen-bond donors (Lipinski definition) is 0. The maximum atomic E-state index is 12.6. The van der Waals surface area contributed by atoms with Gasteiger partial charge in [0.25, 0.3) is 5.91 Å². The van der Waals surface area contributed by atoms with Gasteiger partial charge in [-0.2, -0.15) is 5.10 Å². The van der Waals surface area contributed by atoms with Gasteiger partial charge in [-0.05, 0) is 50.7 Å². The summed E-state index contributed by atoms with van der Waals surface area (Å²) in [6, 6.07) is 9.79. The van der Waals surface area contributed by atoms with E-state index < -0.39 is 0 Å². The first kappa shape index (κ1) is 15.7. The van der Waals surface area contributed by atoms with E-state index >= 15 is 0 Å². The molecule has 2 heterocycles. The van der Waals surface area contributed by atoms with Crippen LogP contribution >= 0.6 is 0 Å². The van der Waals surface area contributed by atoms with Crippen molar-refractivity contribution in [2.75, 3.05) is 32.7 Å². The fourth-order valence-electron chi connectivity index (χ4n) is 3.09. The number of carbonyl (C=O) groups is 1. The second kappa shape index (κ2) is 6.54. The first-order valence-corrected chi connectivity index (χ1v) is 8.24. The van der Waals surface area contributed by atoms with Crippen LogP contribution in [0.25, 0.3) is 5.69 Å². The highest BCUT2D eigenvalue weighted by atomic mass is 16.2. The molecular formula is C18H24N4O. The van der Waals surface area contributed by atoms with E-state index in [1.807, 2.05) is 53.8 Å². The van der Waals surface area contributed by atoms with E-state index in [-0.39, 0.29) is 5.91 Å². The van der Waals surface area contributed by atoms with Crippen molar-refractivity contribution in [2.45, 2.75) is 20.8 Å². The number of piperazine rings is 1.